The van der Waals surface area contributed by atoms with Crippen LogP contribution in [-0.4, -0.2) is 51.5 Å². The maximum absolute atomic E-state index is 12.8. The average molecular weight is 398 g/mol. The smallest absolute Gasteiger partial charge is 0.208 e. The molecule has 1 aliphatic rings. The van der Waals surface area contributed by atoms with Crippen molar-refractivity contribution < 1.29 is 8.42 Å². The monoisotopic (exact) mass is 397 g/mol. The van der Waals surface area contributed by atoms with Gasteiger partial charge in [-0.3, -0.25) is 4.98 Å². The van der Waals surface area contributed by atoms with Crippen LogP contribution in [0.5, 0.6) is 0 Å². The lowest BCUT2D eigenvalue weighted by molar-refractivity contribution is 0.313. The molecule has 5 nitrogen and oxygen atoms in total. The molecule has 4 rings (SSSR count). The maximum Gasteiger partial charge on any atom is 0.208 e. The van der Waals surface area contributed by atoms with Crippen molar-refractivity contribution in [2.24, 2.45) is 0 Å². The first-order valence-corrected chi connectivity index (χ1v) is 11.2. The van der Waals surface area contributed by atoms with Crippen LogP contribution in [-0.2, 0) is 9.84 Å². The Kier molecular flexibility index (Phi) is 6.31. The van der Waals surface area contributed by atoms with Crippen LogP contribution < -0.4 is 4.90 Å². The zero-order valence-corrected chi connectivity index (χ0v) is 17.5. The molecule has 0 atom stereocenters. The summed E-state index contributed by atoms with van der Waals surface area (Å²) >= 11 is 0. The van der Waals surface area contributed by atoms with Gasteiger partial charge in [0.15, 0.2) is 0 Å². The summed E-state index contributed by atoms with van der Waals surface area (Å²) in [4.78, 5) is 9.67. The average Bonchev–Trinajstić information content (AvgIpc) is 2.75. The van der Waals surface area contributed by atoms with E-state index in [1.54, 1.807) is 36.4 Å². The van der Waals surface area contributed by atoms with E-state index >= 15 is 0 Å². The highest BCUT2D eigenvalue weighted by molar-refractivity contribution is 7.91. The molecule has 28 heavy (non-hydrogen) atoms. The second kappa shape index (κ2) is 8.71. The topological polar surface area (TPSA) is 53.5 Å². The number of pyridine rings is 1. The zero-order valence-electron chi connectivity index (χ0n) is 16.7. The number of likely N-dealkylation sites (N-methyl/N-ethyl adjacent to an activating group) is 1. The maximum atomic E-state index is 12.8. The van der Waals surface area contributed by atoms with Gasteiger partial charge < -0.3 is 9.80 Å². The van der Waals surface area contributed by atoms with Gasteiger partial charge in [-0.05, 0) is 31.3 Å². The van der Waals surface area contributed by atoms with Gasteiger partial charge in [0, 0.05) is 37.8 Å². The molecule has 0 aliphatic carbocycles. The van der Waals surface area contributed by atoms with E-state index in [4.69, 9.17) is 0 Å². The highest BCUT2D eigenvalue weighted by atomic mass is 32.2. The molecule has 0 N–H and O–H groups in total. The fourth-order valence-corrected chi connectivity index (χ4v) is 4.57. The van der Waals surface area contributed by atoms with E-state index in [1.807, 2.05) is 26.0 Å². The van der Waals surface area contributed by atoms with Crippen LogP contribution >= 0.6 is 0 Å². The van der Waals surface area contributed by atoms with E-state index < -0.39 is 9.84 Å². The van der Waals surface area contributed by atoms with Crippen molar-refractivity contribution >= 4 is 26.4 Å². The number of anilines is 1. The standard InChI is InChI=1S/C20H21N3O2S.C2H6/c1-22-10-12-23(13-11-22)19-9-5-6-16-14-18(15-21-20(16)19)26(24,25)17-7-3-2-4-8-17;1-2/h2-9,14-15H,10-13H2,1H3;1-2H3. The molecule has 1 aromatic heterocycles. The molecule has 2 heterocycles. The Labute approximate surface area is 167 Å². The minimum Gasteiger partial charge on any atom is -0.367 e. The van der Waals surface area contributed by atoms with Crippen LogP contribution in [0.2, 0.25) is 0 Å². The van der Waals surface area contributed by atoms with Crippen molar-refractivity contribution in [1.82, 2.24) is 9.88 Å². The summed E-state index contributed by atoms with van der Waals surface area (Å²) < 4.78 is 25.7. The van der Waals surface area contributed by atoms with Gasteiger partial charge in [0.1, 0.15) is 0 Å². The predicted octanol–water partition coefficient (Wildman–Crippen LogP) is 3.85. The van der Waals surface area contributed by atoms with Crippen LogP contribution in [0, 0.1) is 0 Å². The molecule has 0 amide bonds. The summed E-state index contributed by atoms with van der Waals surface area (Å²) in [7, 11) is -1.43. The zero-order chi connectivity index (χ0) is 20.1. The van der Waals surface area contributed by atoms with Crippen LogP contribution in [0.4, 0.5) is 5.69 Å². The van der Waals surface area contributed by atoms with E-state index in [0.717, 1.165) is 42.8 Å². The van der Waals surface area contributed by atoms with Crippen molar-refractivity contribution in [3.05, 3.63) is 60.8 Å². The predicted molar refractivity (Wildman–Crippen MR) is 115 cm³/mol. The Balaban J connectivity index is 0.00000109. The van der Waals surface area contributed by atoms with E-state index in [1.165, 1.54) is 6.20 Å². The third kappa shape index (κ3) is 4.03. The van der Waals surface area contributed by atoms with E-state index in [2.05, 4.69) is 27.9 Å². The molecule has 3 aromatic rings. The van der Waals surface area contributed by atoms with Crippen molar-refractivity contribution in [3.8, 4) is 0 Å². The third-order valence-electron chi connectivity index (χ3n) is 4.87. The lowest BCUT2D eigenvalue weighted by atomic mass is 10.1. The highest BCUT2D eigenvalue weighted by Gasteiger charge is 2.20. The second-order valence-electron chi connectivity index (χ2n) is 6.63. The van der Waals surface area contributed by atoms with Crippen LogP contribution in [0.3, 0.4) is 0 Å². The van der Waals surface area contributed by atoms with E-state index in [-0.39, 0.29) is 9.79 Å². The first-order chi connectivity index (χ1) is 13.6. The van der Waals surface area contributed by atoms with Crippen molar-refractivity contribution in [2.45, 2.75) is 23.6 Å². The summed E-state index contributed by atoms with van der Waals surface area (Å²) in [6.07, 6.45) is 1.48. The van der Waals surface area contributed by atoms with Crippen molar-refractivity contribution in [2.75, 3.05) is 38.1 Å². The fourth-order valence-electron chi connectivity index (χ4n) is 3.31. The first kappa shape index (κ1) is 20.3. The summed E-state index contributed by atoms with van der Waals surface area (Å²) in [6.45, 7) is 7.91. The summed E-state index contributed by atoms with van der Waals surface area (Å²) in [5, 5.41) is 0.846. The molecule has 1 fully saturated rings. The largest absolute Gasteiger partial charge is 0.367 e. The lowest BCUT2D eigenvalue weighted by Crippen LogP contribution is -2.44. The van der Waals surface area contributed by atoms with Crippen LogP contribution in [0.1, 0.15) is 13.8 Å². The van der Waals surface area contributed by atoms with E-state index in [0.29, 0.717) is 0 Å². The van der Waals surface area contributed by atoms with Crippen molar-refractivity contribution in [1.29, 1.82) is 0 Å². The van der Waals surface area contributed by atoms with Gasteiger partial charge in [0.25, 0.3) is 0 Å². The van der Waals surface area contributed by atoms with Gasteiger partial charge in [-0.1, -0.05) is 44.2 Å². The van der Waals surface area contributed by atoms with Crippen LogP contribution in [0.15, 0.2) is 70.6 Å². The highest BCUT2D eigenvalue weighted by Crippen LogP contribution is 2.29. The number of piperazine rings is 1. The molecule has 0 spiro atoms. The Morgan fingerprint density at radius 2 is 1.54 bits per heavy atom. The summed E-state index contributed by atoms with van der Waals surface area (Å²) in [6, 6.07) is 16.2. The summed E-state index contributed by atoms with van der Waals surface area (Å²) in [5.41, 5.74) is 1.92. The Morgan fingerprint density at radius 1 is 0.857 bits per heavy atom. The molecule has 1 saturated heterocycles. The SMILES string of the molecule is CC.CN1CCN(c2cccc3cc(S(=O)(=O)c4ccccc4)cnc23)CC1. The first-order valence-electron chi connectivity index (χ1n) is 9.68. The van der Waals surface area contributed by atoms with Gasteiger partial charge in [0.05, 0.1) is 21.0 Å². The number of sulfone groups is 1. The third-order valence-corrected chi connectivity index (χ3v) is 6.61. The van der Waals surface area contributed by atoms with Gasteiger partial charge >= 0.3 is 0 Å². The molecule has 0 saturated carbocycles. The molecule has 1 aliphatic heterocycles. The minimum atomic E-state index is -3.56. The minimum absolute atomic E-state index is 0.228. The number of para-hydroxylation sites is 1. The van der Waals surface area contributed by atoms with E-state index in [9.17, 15) is 8.42 Å². The molecule has 0 unspecified atom stereocenters. The Bertz CT molecular complexity index is 1030. The molecular formula is C22H27N3O2S. The number of nitrogens with zero attached hydrogens (tertiary/aromatic N) is 3. The molecule has 6 heteroatoms. The van der Waals surface area contributed by atoms with Gasteiger partial charge in [-0.15, -0.1) is 0 Å². The van der Waals surface area contributed by atoms with Gasteiger partial charge in [-0.25, -0.2) is 8.42 Å². The van der Waals surface area contributed by atoms with Gasteiger partial charge in [-0.2, -0.15) is 0 Å². The fraction of sp³-hybridized carbons (Fsp3) is 0.318. The summed E-state index contributed by atoms with van der Waals surface area (Å²) in [5.74, 6) is 0. The molecule has 148 valence electrons. The molecular weight excluding hydrogens is 370 g/mol. The molecule has 0 bridgehead atoms. The Hall–Kier alpha value is -2.44. The number of hydrogen-bond acceptors (Lipinski definition) is 5. The number of hydrogen-bond donors (Lipinski definition) is 0. The number of fused-ring (bicyclic) bond motifs is 1. The molecule has 2 aromatic carbocycles. The second-order valence-corrected chi connectivity index (χ2v) is 8.58. The van der Waals surface area contributed by atoms with Crippen LogP contribution in [0.25, 0.3) is 10.9 Å². The van der Waals surface area contributed by atoms with Gasteiger partial charge in [0.2, 0.25) is 9.84 Å². The number of benzene rings is 2. The number of aromatic nitrogens is 1. The quantitative estimate of drug-likeness (QED) is 0.672. The Morgan fingerprint density at radius 3 is 2.21 bits per heavy atom. The molecule has 0 radical (unpaired) electrons. The number of rotatable bonds is 3. The lowest BCUT2D eigenvalue weighted by Gasteiger charge is -2.34. The van der Waals surface area contributed by atoms with Crippen molar-refractivity contribution in [3.63, 3.8) is 0 Å². The normalized spacial score (nSPS) is 15.2.